The van der Waals surface area contributed by atoms with Crippen LogP contribution in [0, 0.1) is 17.8 Å². The van der Waals surface area contributed by atoms with Crippen LogP contribution in [0.5, 0.6) is 0 Å². The lowest BCUT2D eigenvalue weighted by Crippen LogP contribution is -2.13. The first kappa shape index (κ1) is 13.0. The molecule has 1 rings (SSSR count). The van der Waals surface area contributed by atoms with Gasteiger partial charge in [0.2, 0.25) is 0 Å². The Hall–Kier alpha value is -0.0400. The van der Waals surface area contributed by atoms with Gasteiger partial charge in [-0.1, -0.05) is 46.5 Å². The van der Waals surface area contributed by atoms with Crippen molar-refractivity contribution < 1.29 is 4.74 Å². The molecule has 0 aromatic carbocycles. The van der Waals surface area contributed by atoms with E-state index in [2.05, 4.69) is 20.8 Å². The predicted octanol–water partition coefficient (Wildman–Crippen LogP) is 4.27. The summed E-state index contributed by atoms with van der Waals surface area (Å²) >= 11 is 0. The third-order valence-electron chi connectivity index (χ3n) is 3.49. The fourth-order valence-corrected chi connectivity index (χ4v) is 2.41. The molecule has 1 aliphatic rings. The Morgan fingerprint density at radius 1 is 1.13 bits per heavy atom. The smallest absolute Gasteiger partial charge is 0.0488 e. The highest BCUT2D eigenvalue weighted by Gasteiger charge is 2.17. The molecule has 0 aromatic rings. The second kappa shape index (κ2) is 7.27. The van der Waals surface area contributed by atoms with Gasteiger partial charge in [-0.05, 0) is 30.6 Å². The molecule has 1 fully saturated rings. The van der Waals surface area contributed by atoms with Crippen molar-refractivity contribution in [2.24, 2.45) is 17.8 Å². The van der Waals surface area contributed by atoms with E-state index in [1.54, 1.807) is 0 Å². The Bertz CT molecular complexity index is 145. The lowest BCUT2D eigenvalue weighted by molar-refractivity contribution is 0.101. The van der Waals surface area contributed by atoms with Crippen LogP contribution in [0.15, 0.2) is 0 Å². The summed E-state index contributed by atoms with van der Waals surface area (Å²) in [5.74, 6) is 2.67. The molecule has 0 saturated heterocycles. The maximum Gasteiger partial charge on any atom is 0.0488 e. The van der Waals surface area contributed by atoms with Crippen LogP contribution in [0.1, 0.15) is 59.3 Å². The SMILES string of the molecule is CC(C)COCCCC1CCC(C)CC1. The second-order valence-corrected chi connectivity index (χ2v) is 5.74. The number of rotatable bonds is 6. The molecule has 90 valence electrons. The normalized spacial score (nSPS) is 27.2. The molecule has 0 N–H and O–H groups in total. The molecular weight excluding hydrogens is 184 g/mol. The standard InChI is InChI=1S/C14H28O/c1-12(2)11-15-10-4-5-14-8-6-13(3)7-9-14/h12-14H,4-11H2,1-3H3. The zero-order valence-corrected chi connectivity index (χ0v) is 10.8. The summed E-state index contributed by atoms with van der Waals surface area (Å²) in [5, 5.41) is 0. The van der Waals surface area contributed by atoms with Crippen LogP contribution in [0.3, 0.4) is 0 Å². The first-order valence-electron chi connectivity index (χ1n) is 6.76. The third kappa shape index (κ3) is 6.19. The molecule has 0 heterocycles. The monoisotopic (exact) mass is 212 g/mol. The van der Waals surface area contributed by atoms with Crippen molar-refractivity contribution in [2.45, 2.75) is 59.3 Å². The van der Waals surface area contributed by atoms with Crippen molar-refractivity contribution in [3.8, 4) is 0 Å². The molecule has 0 atom stereocenters. The Kier molecular flexibility index (Phi) is 6.31. The van der Waals surface area contributed by atoms with Gasteiger partial charge in [0, 0.05) is 13.2 Å². The van der Waals surface area contributed by atoms with E-state index in [9.17, 15) is 0 Å². The third-order valence-corrected chi connectivity index (χ3v) is 3.49. The largest absolute Gasteiger partial charge is 0.381 e. The molecule has 1 heteroatoms. The van der Waals surface area contributed by atoms with Gasteiger partial charge in [0.25, 0.3) is 0 Å². The maximum atomic E-state index is 5.61. The summed E-state index contributed by atoms with van der Waals surface area (Å²) < 4.78 is 5.61. The molecule has 0 aliphatic heterocycles. The highest BCUT2D eigenvalue weighted by Crippen LogP contribution is 2.30. The van der Waals surface area contributed by atoms with Crippen molar-refractivity contribution in [3.63, 3.8) is 0 Å². The zero-order chi connectivity index (χ0) is 11.1. The molecule has 0 aromatic heterocycles. The Morgan fingerprint density at radius 3 is 2.40 bits per heavy atom. The molecule has 0 bridgehead atoms. The van der Waals surface area contributed by atoms with Gasteiger partial charge in [-0.2, -0.15) is 0 Å². The topological polar surface area (TPSA) is 9.23 Å². The van der Waals surface area contributed by atoms with Crippen LogP contribution >= 0.6 is 0 Å². The van der Waals surface area contributed by atoms with Crippen molar-refractivity contribution in [1.82, 2.24) is 0 Å². The van der Waals surface area contributed by atoms with E-state index in [4.69, 9.17) is 4.74 Å². The average molecular weight is 212 g/mol. The fraction of sp³-hybridized carbons (Fsp3) is 1.00. The quantitative estimate of drug-likeness (QED) is 0.598. The molecule has 1 nitrogen and oxygen atoms in total. The Morgan fingerprint density at radius 2 is 1.80 bits per heavy atom. The van der Waals surface area contributed by atoms with Crippen molar-refractivity contribution in [2.75, 3.05) is 13.2 Å². The van der Waals surface area contributed by atoms with Crippen molar-refractivity contribution >= 4 is 0 Å². The van der Waals surface area contributed by atoms with E-state index in [1.165, 1.54) is 38.5 Å². The lowest BCUT2D eigenvalue weighted by Gasteiger charge is -2.26. The van der Waals surface area contributed by atoms with Gasteiger partial charge >= 0.3 is 0 Å². The van der Waals surface area contributed by atoms with Crippen molar-refractivity contribution in [1.29, 1.82) is 0 Å². The van der Waals surface area contributed by atoms with Crippen LogP contribution < -0.4 is 0 Å². The highest BCUT2D eigenvalue weighted by molar-refractivity contribution is 4.69. The average Bonchev–Trinajstić information content (AvgIpc) is 2.20. The van der Waals surface area contributed by atoms with Crippen LogP contribution in [0.2, 0.25) is 0 Å². The van der Waals surface area contributed by atoms with Crippen LogP contribution in [-0.2, 0) is 4.74 Å². The second-order valence-electron chi connectivity index (χ2n) is 5.74. The highest BCUT2D eigenvalue weighted by atomic mass is 16.5. The summed E-state index contributed by atoms with van der Waals surface area (Å²) in [7, 11) is 0. The molecule has 0 amide bonds. The minimum atomic E-state index is 0.681. The summed E-state index contributed by atoms with van der Waals surface area (Å²) in [5.41, 5.74) is 0. The van der Waals surface area contributed by atoms with Crippen LogP contribution in [0.25, 0.3) is 0 Å². The van der Waals surface area contributed by atoms with Crippen LogP contribution in [0.4, 0.5) is 0 Å². The lowest BCUT2D eigenvalue weighted by atomic mass is 9.81. The number of ether oxygens (including phenoxy) is 1. The minimum absolute atomic E-state index is 0.681. The van der Waals surface area contributed by atoms with Crippen LogP contribution in [-0.4, -0.2) is 13.2 Å². The summed E-state index contributed by atoms with van der Waals surface area (Å²) in [6, 6.07) is 0. The zero-order valence-electron chi connectivity index (χ0n) is 10.8. The summed E-state index contributed by atoms with van der Waals surface area (Å²) in [6.45, 7) is 8.72. The van der Waals surface area contributed by atoms with Gasteiger partial charge in [0.1, 0.15) is 0 Å². The van der Waals surface area contributed by atoms with E-state index in [-0.39, 0.29) is 0 Å². The Balaban J connectivity index is 1.91. The first-order chi connectivity index (χ1) is 7.18. The van der Waals surface area contributed by atoms with Gasteiger partial charge in [-0.15, -0.1) is 0 Å². The van der Waals surface area contributed by atoms with E-state index in [1.807, 2.05) is 0 Å². The summed E-state index contributed by atoms with van der Waals surface area (Å²) in [4.78, 5) is 0. The van der Waals surface area contributed by atoms with Gasteiger partial charge in [-0.3, -0.25) is 0 Å². The molecule has 1 aliphatic carbocycles. The minimum Gasteiger partial charge on any atom is -0.381 e. The molecule has 15 heavy (non-hydrogen) atoms. The van der Waals surface area contributed by atoms with E-state index >= 15 is 0 Å². The van der Waals surface area contributed by atoms with E-state index < -0.39 is 0 Å². The number of hydrogen-bond donors (Lipinski definition) is 0. The molecular formula is C14H28O. The van der Waals surface area contributed by atoms with Gasteiger partial charge in [0.05, 0.1) is 0 Å². The molecule has 1 saturated carbocycles. The predicted molar refractivity (Wildman–Crippen MR) is 66.0 cm³/mol. The fourth-order valence-electron chi connectivity index (χ4n) is 2.41. The molecule has 0 spiro atoms. The number of hydrogen-bond acceptors (Lipinski definition) is 1. The molecule has 0 radical (unpaired) electrons. The van der Waals surface area contributed by atoms with E-state index in [0.717, 1.165) is 25.0 Å². The maximum absolute atomic E-state index is 5.61. The van der Waals surface area contributed by atoms with Gasteiger partial charge in [-0.25, -0.2) is 0 Å². The van der Waals surface area contributed by atoms with Crippen molar-refractivity contribution in [3.05, 3.63) is 0 Å². The van der Waals surface area contributed by atoms with E-state index in [0.29, 0.717) is 5.92 Å². The van der Waals surface area contributed by atoms with Gasteiger partial charge < -0.3 is 4.74 Å². The Labute approximate surface area is 95.6 Å². The summed E-state index contributed by atoms with van der Waals surface area (Å²) in [6.07, 6.45) is 8.50. The van der Waals surface area contributed by atoms with Gasteiger partial charge in [0.15, 0.2) is 0 Å². The first-order valence-corrected chi connectivity index (χ1v) is 6.76. The molecule has 0 unspecified atom stereocenters.